The van der Waals surface area contributed by atoms with Crippen LogP contribution in [-0.4, -0.2) is 39.7 Å². The number of nitrogens with one attached hydrogen (secondary N) is 1. The molecule has 0 unspecified atom stereocenters. The van der Waals surface area contributed by atoms with Crippen LogP contribution in [0.2, 0.25) is 0 Å². The van der Waals surface area contributed by atoms with Crippen molar-refractivity contribution in [2.24, 2.45) is 0 Å². The molecule has 2 amide bonds. The van der Waals surface area contributed by atoms with E-state index in [1.165, 1.54) is 18.5 Å². The summed E-state index contributed by atoms with van der Waals surface area (Å²) in [5.74, 6) is 0.981. The van der Waals surface area contributed by atoms with E-state index in [0.29, 0.717) is 13.1 Å². The van der Waals surface area contributed by atoms with E-state index in [1.54, 1.807) is 0 Å². The highest BCUT2D eigenvalue weighted by Gasteiger charge is 2.29. The number of rotatable bonds is 3. The highest BCUT2D eigenvalue weighted by molar-refractivity contribution is 5.90. The maximum Gasteiger partial charge on any atom is 0.322 e. The Bertz CT molecular complexity index is 1060. The fourth-order valence-electron chi connectivity index (χ4n) is 4.57. The van der Waals surface area contributed by atoms with Gasteiger partial charge in [-0.25, -0.2) is 9.78 Å². The maximum atomic E-state index is 13.1. The van der Waals surface area contributed by atoms with Gasteiger partial charge in [0.2, 0.25) is 0 Å². The van der Waals surface area contributed by atoms with Crippen LogP contribution in [0, 0.1) is 0 Å². The summed E-state index contributed by atoms with van der Waals surface area (Å²) in [6.07, 6.45) is 5.35. The van der Waals surface area contributed by atoms with Gasteiger partial charge in [0.25, 0.3) is 0 Å². The van der Waals surface area contributed by atoms with Crippen LogP contribution >= 0.6 is 0 Å². The molecule has 2 aliphatic heterocycles. The number of aryl methyl sites for hydroxylation is 1. The van der Waals surface area contributed by atoms with Gasteiger partial charge in [-0.15, -0.1) is 0 Å². The zero-order chi connectivity index (χ0) is 21.2. The van der Waals surface area contributed by atoms with Gasteiger partial charge in [-0.1, -0.05) is 42.5 Å². The summed E-state index contributed by atoms with van der Waals surface area (Å²) < 4.78 is 8.40. The van der Waals surface area contributed by atoms with E-state index in [2.05, 4.69) is 20.9 Å². The first-order valence-corrected chi connectivity index (χ1v) is 11.1. The molecule has 0 aliphatic carbocycles. The van der Waals surface area contributed by atoms with Gasteiger partial charge in [-0.2, -0.15) is 0 Å². The lowest BCUT2D eigenvalue weighted by Crippen LogP contribution is -2.47. The number of imidazole rings is 1. The lowest BCUT2D eigenvalue weighted by Gasteiger charge is -2.37. The van der Waals surface area contributed by atoms with Crippen LogP contribution in [0.25, 0.3) is 11.4 Å². The Morgan fingerprint density at radius 3 is 2.84 bits per heavy atom. The summed E-state index contributed by atoms with van der Waals surface area (Å²) in [4.78, 5) is 19.6. The molecule has 2 aromatic carbocycles. The summed E-state index contributed by atoms with van der Waals surface area (Å²) in [6, 6.07) is 18.0. The van der Waals surface area contributed by atoms with E-state index in [9.17, 15) is 4.79 Å². The summed E-state index contributed by atoms with van der Waals surface area (Å²) in [5.41, 5.74) is 4.21. The van der Waals surface area contributed by atoms with Crippen LogP contribution in [0.5, 0.6) is 0 Å². The molecular weight excluding hydrogens is 388 g/mol. The molecule has 2 aliphatic rings. The van der Waals surface area contributed by atoms with Gasteiger partial charge in [0.15, 0.2) is 0 Å². The molecular formula is C25H28N4O2. The minimum absolute atomic E-state index is 0.0209. The number of fused-ring (bicyclic) bond motifs is 1. The molecule has 0 radical (unpaired) electrons. The van der Waals surface area contributed by atoms with Crippen molar-refractivity contribution in [3.05, 3.63) is 72.1 Å². The molecule has 1 N–H and O–H groups in total. The zero-order valence-electron chi connectivity index (χ0n) is 17.8. The molecule has 6 nitrogen and oxygen atoms in total. The van der Waals surface area contributed by atoms with Crippen LogP contribution in [0.1, 0.15) is 37.1 Å². The van der Waals surface area contributed by atoms with Crippen LogP contribution in [0.15, 0.2) is 60.8 Å². The first-order chi connectivity index (χ1) is 15.2. The molecule has 1 aromatic heterocycles. The zero-order valence-corrected chi connectivity index (χ0v) is 17.8. The average Bonchev–Trinajstić information content (AvgIpc) is 3.24. The second-order valence-corrected chi connectivity index (χ2v) is 8.44. The normalized spacial score (nSPS) is 20.9. The number of morpholine rings is 1. The third-order valence-electron chi connectivity index (χ3n) is 6.09. The molecule has 6 heteroatoms. The van der Waals surface area contributed by atoms with E-state index < -0.39 is 0 Å². The summed E-state index contributed by atoms with van der Waals surface area (Å²) in [7, 11) is 0. The Labute approximate surface area is 182 Å². The van der Waals surface area contributed by atoms with Crippen LogP contribution in [0.4, 0.5) is 10.5 Å². The van der Waals surface area contributed by atoms with Crippen molar-refractivity contribution in [2.75, 3.05) is 18.4 Å². The minimum atomic E-state index is -0.113. The van der Waals surface area contributed by atoms with Crippen molar-refractivity contribution in [3.8, 4) is 11.4 Å². The predicted molar refractivity (Wildman–Crippen MR) is 121 cm³/mol. The smallest absolute Gasteiger partial charge is 0.322 e. The number of hydrogen-bond donors (Lipinski definition) is 1. The van der Waals surface area contributed by atoms with Gasteiger partial charge in [0.1, 0.15) is 11.9 Å². The van der Waals surface area contributed by atoms with Crippen LogP contribution in [-0.2, 0) is 17.7 Å². The third-order valence-corrected chi connectivity index (χ3v) is 6.09. The molecule has 5 rings (SSSR count). The largest absolute Gasteiger partial charge is 0.367 e. The van der Waals surface area contributed by atoms with Gasteiger partial charge in [0.05, 0.1) is 12.6 Å². The lowest BCUT2D eigenvalue weighted by molar-refractivity contribution is -0.0642. The van der Waals surface area contributed by atoms with Crippen LogP contribution < -0.4 is 5.32 Å². The number of nitrogens with zero attached hydrogens (tertiary/aromatic N) is 3. The number of amides is 2. The standard InChI is InChI=1S/C25H28N4O2/c1-18-16-28(17-23(31-18)19-8-3-2-4-9-19)25(30)27-21-11-7-10-20(14-21)24-26-15-22-12-5-6-13-29(22)24/h2-4,7-11,14-15,18,23H,5-6,12-13,16-17H2,1H3,(H,27,30)/t18-,23-/m0/s1. The maximum absolute atomic E-state index is 13.1. The number of hydrogen-bond acceptors (Lipinski definition) is 3. The number of carbonyl (C=O) groups excluding carboxylic acids is 1. The van der Waals surface area contributed by atoms with E-state index in [0.717, 1.165) is 35.6 Å². The SMILES string of the molecule is C[C@H]1CN(C(=O)Nc2cccc(-c3ncc4n3CCCC4)c2)C[C@@H](c2ccccc2)O1. The van der Waals surface area contributed by atoms with Crippen molar-refractivity contribution in [1.29, 1.82) is 0 Å². The quantitative estimate of drug-likeness (QED) is 0.662. The average molecular weight is 417 g/mol. The minimum Gasteiger partial charge on any atom is -0.367 e. The molecule has 1 saturated heterocycles. The van der Waals surface area contributed by atoms with Gasteiger partial charge >= 0.3 is 6.03 Å². The monoisotopic (exact) mass is 416 g/mol. The van der Waals surface area contributed by atoms with Gasteiger partial charge in [-0.05, 0) is 43.9 Å². The first-order valence-electron chi connectivity index (χ1n) is 11.1. The molecule has 3 aromatic rings. The number of carbonyl (C=O) groups is 1. The molecule has 0 saturated carbocycles. The Morgan fingerprint density at radius 1 is 1.10 bits per heavy atom. The number of anilines is 1. The third kappa shape index (κ3) is 4.21. The number of aromatic nitrogens is 2. The van der Waals surface area contributed by atoms with Crippen molar-refractivity contribution in [1.82, 2.24) is 14.5 Å². The van der Waals surface area contributed by atoms with Gasteiger partial charge in [0, 0.05) is 36.2 Å². The second-order valence-electron chi connectivity index (χ2n) is 8.44. The number of urea groups is 1. The van der Waals surface area contributed by atoms with Gasteiger partial charge < -0.3 is 19.5 Å². The summed E-state index contributed by atoms with van der Waals surface area (Å²) >= 11 is 0. The molecule has 3 heterocycles. The van der Waals surface area contributed by atoms with E-state index in [1.807, 2.05) is 66.6 Å². The van der Waals surface area contributed by atoms with Gasteiger partial charge in [-0.3, -0.25) is 0 Å². The fourth-order valence-corrected chi connectivity index (χ4v) is 4.57. The lowest BCUT2D eigenvalue weighted by atomic mass is 10.1. The Kier molecular flexibility index (Phi) is 5.47. The molecule has 1 fully saturated rings. The second kappa shape index (κ2) is 8.55. The Hall–Kier alpha value is -3.12. The molecule has 0 spiro atoms. The van der Waals surface area contributed by atoms with E-state index >= 15 is 0 Å². The van der Waals surface area contributed by atoms with Crippen molar-refractivity contribution in [2.45, 2.75) is 44.9 Å². The van der Waals surface area contributed by atoms with E-state index in [-0.39, 0.29) is 18.2 Å². The Morgan fingerprint density at radius 2 is 1.97 bits per heavy atom. The summed E-state index contributed by atoms with van der Waals surface area (Å²) in [5, 5.41) is 3.08. The van der Waals surface area contributed by atoms with Crippen LogP contribution in [0.3, 0.4) is 0 Å². The molecule has 31 heavy (non-hydrogen) atoms. The molecule has 0 bridgehead atoms. The highest BCUT2D eigenvalue weighted by atomic mass is 16.5. The first kappa shape index (κ1) is 19.8. The summed E-state index contributed by atoms with van der Waals surface area (Å²) in [6.45, 7) is 4.13. The Balaban J connectivity index is 1.31. The number of benzene rings is 2. The predicted octanol–water partition coefficient (Wildman–Crippen LogP) is 4.88. The van der Waals surface area contributed by atoms with E-state index in [4.69, 9.17) is 4.74 Å². The highest BCUT2D eigenvalue weighted by Crippen LogP contribution is 2.28. The fraction of sp³-hybridized carbons (Fsp3) is 0.360. The topological polar surface area (TPSA) is 59.4 Å². The van der Waals surface area contributed by atoms with Crippen molar-refractivity contribution in [3.63, 3.8) is 0 Å². The number of ether oxygens (including phenoxy) is 1. The van der Waals surface area contributed by atoms with Crippen molar-refractivity contribution >= 4 is 11.7 Å². The molecule has 160 valence electrons. The molecule has 2 atom stereocenters. The van der Waals surface area contributed by atoms with Crippen molar-refractivity contribution < 1.29 is 9.53 Å².